The van der Waals surface area contributed by atoms with Gasteiger partial charge < -0.3 is 5.32 Å². The van der Waals surface area contributed by atoms with Gasteiger partial charge in [-0.15, -0.1) is 6.42 Å². The number of aromatic nitrogens is 2. The topological polar surface area (TPSA) is 114 Å². The lowest BCUT2D eigenvalue weighted by Crippen LogP contribution is -2.42. The highest BCUT2D eigenvalue weighted by atomic mass is 19.4. The molecule has 4 heterocycles. The zero-order chi connectivity index (χ0) is 25.5. The molecule has 1 saturated heterocycles. The van der Waals surface area contributed by atoms with E-state index in [4.69, 9.17) is 11.4 Å². The maximum atomic E-state index is 13.4. The van der Waals surface area contributed by atoms with Crippen LogP contribution < -0.4 is 26.4 Å². The van der Waals surface area contributed by atoms with Crippen LogP contribution in [0.2, 0.25) is 0 Å². The zero-order valence-corrected chi connectivity index (χ0v) is 19.1. The van der Waals surface area contributed by atoms with Gasteiger partial charge >= 0.3 is 12.2 Å². The second kappa shape index (κ2) is 8.82. The van der Waals surface area contributed by atoms with Crippen LogP contribution in [0.4, 0.5) is 35.3 Å². The number of fused-ring (bicyclic) bond motifs is 1. The minimum Gasteiger partial charge on any atom is -0.382 e. The third-order valence-electron chi connectivity index (χ3n) is 6.22. The first-order valence-electron chi connectivity index (χ1n) is 11.2. The van der Waals surface area contributed by atoms with Gasteiger partial charge in [-0.1, -0.05) is 30.2 Å². The lowest BCUT2D eigenvalue weighted by Gasteiger charge is -2.27. The molecule has 1 aromatic carbocycles. The third kappa shape index (κ3) is 4.21. The predicted octanol–water partition coefficient (Wildman–Crippen LogP) is 4.19. The molecule has 11 heteroatoms. The van der Waals surface area contributed by atoms with Crippen LogP contribution in [-0.2, 0) is 5.66 Å². The molecule has 2 aromatic heterocycles. The van der Waals surface area contributed by atoms with Crippen LogP contribution in [0.5, 0.6) is 0 Å². The van der Waals surface area contributed by atoms with Gasteiger partial charge in [0.1, 0.15) is 5.82 Å². The summed E-state index contributed by atoms with van der Waals surface area (Å²) in [5.41, 5.74) is 4.61. The van der Waals surface area contributed by atoms with Crippen molar-refractivity contribution in [1.82, 2.24) is 20.8 Å². The molecule has 0 unspecified atom stereocenters. The first-order valence-corrected chi connectivity index (χ1v) is 11.2. The van der Waals surface area contributed by atoms with Crippen LogP contribution in [0.25, 0.3) is 11.3 Å². The van der Waals surface area contributed by atoms with E-state index < -0.39 is 17.9 Å². The molecular formula is C25H22F3N7O. The van der Waals surface area contributed by atoms with Gasteiger partial charge in [0, 0.05) is 29.9 Å². The summed E-state index contributed by atoms with van der Waals surface area (Å²) < 4.78 is 40.1. The van der Waals surface area contributed by atoms with Crippen molar-refractivity contribution in [2.75, 3.05) is 22.1 Å². The summed E-state index contributed by atoms with van der Waals surface area (Å²) in [6.07, 6.45) is 3.05. The van der Waals surface area contributed by atoms with Crippen LogP contribution in [0.15, 0.2) is 54.7 Å². The van der Waals surface area contributed by atoms with Crippen molar-refractivity contribution >= 4 is 23.4 Å². The van der Waals surface area contributed by atoms with Crippen molar-refractivity contribution in [1.29, 1.82) is 0 Å². The van der Waals surface area contributed by atoms with Gasteiger partial charge in [-0.25, -0.2) is 25.6 Å². The van der Waals surface area contributed by atoms with Crippen molar-refractivity contribution in [3.63, 3.8) is 0 Å². The summed E-state index contributed by atoms with van der Waals surface area (Å²) >= 11 is 0. The van der Waals surface area contributed by atoms with Gasteiger partial charge in [0.15, 0.2) is 5.82 Å². The highest BCUT2D eigenvalue weighted by Crippen LogP contribution is 2.42. The maximum absolute atomic E-state index is 13.4. The summed E-state index contributed by atoms with van der Waals surface area (Å²) in [7, 11) is 0. The average molecular weight is 493 g/mol. The standard InChI is InChI=1S/C25H22F3N7O/c1-3-16-4-11-21(30-14-16)32-23(36)35-15(2)12-13-29-20-10-9-19(31-22(20)35)17-5-7-18(8-6-17)24(33-34-24)25(26,27)28/h1,4-11,14-15,29,33-34H,12-13H2,2H3,(H,30,32,36)/t15-/m1/s1. The van der Waals surface area contributed by atoms with E-state index in [-0.39, 0.29) is 11.6 Å². The van der Waals surface area contributed by atoms with E-state index in [2.05, 4.69) is 32.4 Å². The Bertz CT molecular complexity index is 1330. The Morgan fingerprint density at radius 2 is 1.92 bits per heavy atom. The molecule has 8 nitrogen and oxygen atoms in total. The van der Waals surface area contributed by atoms with E-state index in [9.17, 15) is 18.0 Å². The molecule has 2 amide bonds. The van der Waals surface area contributed by atoms with Crippen molar-refractivity contribution < 1.29 is 18.0 Å². The lowest BCUT2D eigenvalue weighted by molar-refractivity contribution is -0.165. The van der Waals surface area contributed by atoms with Crippen molar-refractivity contribution in [2.45, 2.75) is 31.2 Å². The van der Waals surface area contributed by atoms with E-state index in [1.54, 1.807) is 35.2 Å². The molecule has 36 heavy (non-hydrogen) atoms. The van der Waals surface area contributed by atoms with Crippen LogP contribution in [0.3, 0.4) is 0 Å². The number of nitrogens with zero attached hydrogens (tertiary/aromatic N) is 3. The number of hydrazine groups is 1. The molecule has 3 aromatic rings. The number of terminal acetylenes is 1. The summed E-state index contributed by atoms with van der Waals surface area (Å²) in [5.74, 6) is 3.24. The number of benzene rings is 1. The molecule has 0 saturated carbocycles. The number of alkyl halides is 3. The van der Waals surface area contributed by atoms with E-state index in [1.807, 2.05) is 13.0 Å². The largest absolute Gasteiger partial charge is 0.426 e. The summed E-state index contributed by atoms with van der Waals surface area (Å²) in [4.78, 5) is 23.8. The maximum Gasteiger partial charge on any atom is 0.426 e. The molecule has 0 bridgehead atoms. The number of halogens is 3. The number of hydrogen-bond donors (Lipinski definition) is 4. The fourth-order valence-corrected chi connectivity index (χ4v) is 4.11. The molecule has 0 spiro atoms. The second-order valence-electron chi connectivity index (χ2n) is 8.58. The zero-order valence-electron chi connectivity index (χ0n) is 19.1. The normalized spacial score (nSPS) is 18.3. The monoisotopic (exact) mass is 493 g/mol. The minimum absolute atomic E-state index is 0.0492. The number of pyridine rings is 2. The van der Waals surface area contributed by atoms with Crippen LogP contribution in [-0.4, -0.2) is 34.8 Å². The van der Waals surface area contributed by atoms with Crippen LogP contribution in [0.1, 0.15) is 24.5 Å². The third-order valence-corrected chi connectivity index (χ3v) is 6.22. The van der Waals surface area contributed by atoms with Crippen LogP contribution in [0, 0.1) is 12.3 Å². The van der Waals surface area contributed by atoms with Gasteiger partial charge in [0.25, 0.3) is 0 Å². The van der Waals surface area contributed by atoms with E-state index >= 15 is 0 Å². The Kier molecular flexibility index (Phi) is 5.78. The van der Waals surface area contributed by atoms with Crippen molar-refractivity contribution in [3.05, 3.63) is 65.9 Å². The Labute approximate surface area is 205 Å². The molecule has 2 aliphatic heterocycles. The van der Waals surface area contributed by atoms with E-state index in [0.29, 0.717) is 47.1 Å². The first-order chi connectivity index (χ1) is 17.2. The summed E-state index contributed by atoms with van der Waals surface area (Å²) in [5, 5.41) is 6.07. The number of anilines is 3. The molecule has 4 N–H and O–H groups in total. The Morgan fingerprint density at radius 1 is 1.17 bits per heavy atom. The van der Waals surface area contributed by atoms with Gasteiger partial charge in [-0.3, -0.25) is 10.2 Å². The molecule has 5 rings (SSSR count). The number of carbonyl (C=O) groups excluding carboxylic acids is 1. The van der Waals surface area contributed by atoms with Gasteiger partial charge in [-0.05, 0) is 43.2 Å². The molecule has 184 valence electrons. The van der Waals surface area contributed by atoms with Crippen LogP contribution >= 0.6 is 0 Å². The SMILES string of the molecule is C#Cc1ccc(NC(=O)N2c3nc(-c4ccc(C5(C(F)(F)F)NN5)cc4)ccc3NCC[C@H]2C)nc1. The van der Waals surface area contributed by atoms with Crippen molar-refractivity contribution in [2.24, 2.45) is 0 Å². The lowest BCUT2D eigenvalue weighted by atomic mass is 10.0. The number of amides is 2. The smallest absolute Gasteiger partial charge is 0.382 e. The van der Waals surface area contributed by atoms with Gasteiger partial charge in [-0.2, -0.15) is 13.2 Å². The minimum atomic E-state index is -4.48. The molecule has 0 radical (unpaired) electrons. The highest BCUT2D eigenvalue weighted by Gasteiger charge is 2.65. The van der Waals surface area contributed by atoms with Gasteiger partial charge in [0.05, 0.1) is 11.4 Å². The number of hydrogen-bond acceptors (Lipinski definition) is 6. The molecule has 1 atom stereocenters. The number of urea groups is 1. The highest BCUT2D eigenvalue weighted by molar-refractivity contribution is 6.03. The van der Waals surface area contributed by atoms with Crippen molar-refractivity contribution in [3.8, 4) is 23.6 Å². The number of rotatable bonds is 3. The summed E-state index contributed by atoms with van der Waals surface area (Å²) in [6.45, 7) is 2.56. The molecule has 1 fully saturated rings. The van der Waals surface area contributed by atoms with E-state index in [1.165, 1.54) is 18.3 Å². The predicted molar refractivity (Wildman–Crippen MR) is 130 cm³/mol. The van der Waals surface area contributed by atoms with Gasteiger partial charge in [0.2, 0.25) is 5.66 Å². The van der Waals surface area contributed by atoms with E-state index in [0.717, 1.165) is 0 Å². The average Bonchev–Trinajstić information content (AvgIpc) is 3.69. The summed E-state index contributed by atoms with van der Waals surface area (Å²) in [6, 6.07) is 12.2. The fraction of sp³-hybridized carbons (Fsp3) is 0.240. The second-order valence-corrected chi connectivity index (χ2v) is 8.58. The molecule has 0 aliphatic carbocycles. The quantitative estimate of drug-likeness (QED) is 0.321. The fourth-order valence-electron chi connectivity index (χ4n) is 4.11. The number of nitrogens with one attached hydrogen (secondary N) is 4. The molecular weight excluding hydrogens is 471 g/mol. The Hall–Kier alpha value is -4.14. The Balaban J connectivity index is 1.45. The number of carbonyl (C=O) groups is 1. The Morgan fingerprint density at radius 3 is 2.53 bits per heavy atom. The molecule has 2 aliphatic rings. The first kappa shape index (κ1) is 23.6.